The van der Waals surface area contributed by atoms with Crippen molar-refractivity contribution in [2.75, 3.05) is 45.0 Å². The standard InChI is InChI=1S/C14H23N3O3/c1-11(10-20-3)17(7-8-19-2)14(18)16-13-6-4-5-12(15)9-13/h4-6,9,11H,7-8,10,15H2,1-3H3,(H,16,18). The van der Waals surface area contributed by atoms with Gasteiger partial charge in [0.15, 0.2) is 0 Å². The molecule has 0 radical (unpaired) electrons. The van der Waals surface area contributed by atoms with Crippen LogP contribution in [0.1, 0.15) is 6.92 Å². The van der Waals surface area contributed by atoms with E-state index >= 15 is 0 Å². The third-order valence-electron chi connectivity index (χ3n) is 2.88. The molecule has 112 valence electrons. The van der Waals surface area contributed by atoms with E-state index in [0.29, 0.717) is 31.1 Å². The second-order valence-electron chi connectivity index (χ2n) is 4.55. The summed E-state index contributed by atoms with van der Waals surface area (Å²) in [6.07, 6.45) is 0. The van der Waals surface area contributed by atoms with Crippen molar-refractivity contribution in [3.8, 4) is 0 Å². The Morgan fingerprint density at radius 3 is 2.75 bits per heavy atom. The molecule has 0 fully saturated rings. The maximum Gasteiger partial charge on any atom is 0.322 e. The molecule has 1 aromatic carbocycles. The van der Waals surface area contributed by atoms with E-state index in [1.54, 1.807) is 43.4 Å². The molecule has 0 saturated carbocycles. The van der Waals surface area contributed by atoms with Gasteiger partial charge in [0.05, 0.1) is 19.3 Å². The second-order valence-corrected chi connectivity index (χ2v) is 4.55. The van der Waals surface area contributed by atoms with Crippen LogP contribution >= 0.6 is 0 Å². The predicted molar refractivity (Wildman–Crippen MR) is 79.8 cm³/mol. The van der Waals surface area contributed by atoms with Gasteiger partial charge in [-0.2, -0.15) is 0 Å². The number of ether oxygens (including phenoxy) is 2. The third-order valence-corrected chi connectivity index (χ3v) is 2.88. The average molecular weight is 281 g/mol. The lowest BCUT2D eigenvalue weighted by atomic mass is 10.2. The third kappa shape index (κ3) is 5.07. The van der Waals surface area contributed by atoms with Crippen LogP contribution in [0.25, 0.3) is 0 Å². The van der Waals surface area contributed by atoms with Gasteiger partial charge in [-0.25, -0.2) is 4.79 Å². The van der Waals surface area contributed by atoms with Crippen LogP contribution in [0.5, 0.6) is 0 Å². The number of nitrogen functional groups attached to an aromatic ring is 1. The number of hydrogen-bond acceptors (Lipinski definition) is 4. The second kappa shape index (κ2) is 8.39. The van der Waals surface area contributed by atoms with E-state index in [2.05, 4.69) is 5.32 Å². The number of carbonyl (C=O) groups excluding carboxylic acids is 1. The number of amides is 2. The van der Waals surface area contributed by atoms with Crippen molar-refractivity contribution in [2.45, 2.75) is 13.0 Å². The van der Waals surface area contributed by atoms with Crippen molar-refractivity contribution in [3.63, 3.8) is 0 Å². The molecule has 0 bridgehead atoms. The van der Waals surface area contributed by atoms with Crippen LogP contribution in [-0.4, -0.2) is 51.0 Å². The molecule has 6 nitrogen and oxygen atoms in total. The van der Waals surface area contributed by atoms with E-state index in [4.69, 9.17) is 15.2 Å². The highest BCUT2D eigenvalue weighted by Gasteiger charge is 2.19. The number of carbonyl (C=O) groups is 1. The summed E-state index contributed by atoms with van der Waals surface area (Å²) in [6.45, 7) is 3.36. The Bertz CT molecular complexity index is 426. The fraction of sp³-hybridized carbons (Fsp3) is 0.500. The molecule has 2 amide bonds. The topological polar surface area (TPSA) is 76.8 Å². The van der Waals surface area contributed by atoms with Crippen LogP contribution in [0.4, 0.5) is 16.2 Å². The molecule has 20 heavy (non-hydrogen) atoms. The zero-order chi connectivity index (χ0) is 15.0. The van der Waals surface area contributed by atoms with Gasteiger partial charge in [-0.1, -0.05) is 6.07 Å². The van der Waals surface area contributed by atoms with Crippen molar-refractivity contribution in [3.05, 3.63) is 24.3 Å². The van der Waals surface area contributed by atoms with Crippen LogP contribution < -0.4 is 11.1 Å². The summed E-state index contributed by atoms with van der Waals surface area (Å²) in [7, 11) is 3.22. The van der Waals surface area contributed by atoms with Crippen molar-refractivity contribution >= 4 is 17.4 Å². The fourth-order valence-electron chi connectivity index (χ4n) is 1.85. The molecule has 3 N–H and O–H groups in total. The fourth-order valence-corrected chi connectivity index (χ4v) is 1.85. The highest BCUT2D eigenvalue weighted by atomic mass is 16.5. The Balaban J connectivity index is 2.71. The predicted octanol–water partition coefficient (Wildman–Crippen LogP) is 1.78. The van der Waals surface area contributed by atoms with Gasteiger partial charge < -0.3 is 25.4 Å². The largest absolute Gasteiger partial charge is 0.399 e. The Labute approximate surface area is 119 Å². The molecular formula is C14H23N3O3. The molecule has 1 aromatic rings. The first-order chi connectivity index (χ1) is 9.58. The molecule has 1 atom stereocenters. The van der Waals surface area contributed by atoms with Crippen LogP contribution in [0.2, 0.25) is 0 Å². The monoisotopic (exact) mass is 281 g/mol. The number of anilines is 2. The molecule has 0 heterocycles. The van der Waals surface area contributed by atoms with Crippen LogP contribution in [-0.2, 0) is 9.47 Å². The number of hydrogen-bond donors (Lipinski definition) is 2. The van der Waals surface area contributed by atoms with E-state index in [1.165, 1.54) is 0 Å². The molecule has 0 saturated heterocycles. The maximum atomic E-state index is 12.3. The van der Waals surface area contributed by atoms with Crippen molar-refractivity contribution in [1.82, 2.24) is 4.90 Å². The molecule has 0 aromatic heterocycles. The van der Waals surface area contributed by atoms with Gasteiger partial charge in [-0.05, 0) is 25.1 Å². The summed E-state index contributed by atoms with van der Waals surface area (Å²) in [5.74, 6) is 0. The van der Waals surface area contributed by atoms with Gasteiger partial charge in [0.1, 0.15) is 0 Å². The Morgan fingerprint density at radius 1 is 1.40 bits per heavy atom. The zero-order valence-corrected chi connectivity index (χ0v) is 12.3. The molecule has 6 heteroatoms. The van der Waals surface area contributed by atoms with Crippen LogP contribution in [0, 0.1) is 0 Å². The Kier molecular flexibility index (Phi) is 6.83. The molecule has 1 unspecified atom stereocenters. The van der Waals surface area contributed by atoms with Gasteiger partial charge in [-0.15, -0.1) is 0 Å². The SMILES string of the molecule is COCCN(C(=O)Nc1cccc(N)c1)C(C)COC. The summed E-state index contributed by atoms with van der Waals surface area (Å²) in [5, 5.41) is 2.83. The van der Waals surface area contributed by atoms with Crippen molar-refractivity contribution in [2.24, 2.45) is 0 Å². The Morgan fingerprint density at radius 2 is 2.15 bits per heavy atom. The summed E-state index contributed by atoms with van der Waals surface area (Å²) in [5.41, 5.74) is 6.97. The average Bonchev–Trinajstić information content (AvgIpc) is 2.39. The highest BCUT2D eigenvalue weighted by molar-refractivity contribution is 5.90. The van der Waals surface area contributed by atoms with Gasteiger partial charge in [-0.3, -0.25) is 0 Å². The molecule has 0 aliphatic carbocycles. The highest BCUT2D eigenvalue weighted by Crippen LogP contribution is 2.13. The van der Waals surface area contributed by atoms with Crippen molar-refractivity contribution < 1.29 is 14.3 Å². The lowest BCUT2D eigenvalue weighted by Crippen LogP contribution is -2.45. The summed E-state index contributed by atoms with van der Waals surface area (Å²) >= 11 is 0. The van der Waals surface area contributed by atoms with E-state index < -0.39 is 0 Å². The summed E-state index contributed by atoms with van der Waals surface area (Å²) in [4.78, 5) is 14.0. The number of urea groups is 1. The first-order valence-electron chi connectivity index (χ1n) is 6.49. The van der Waals surface area contributed by atoms with Gasteiger partial charge in [0.2, 0.25) is 0 Å². The number of nitrogens with two attached hydrogens (primary N) is 1. The quantitative estimate of drug-likeness (QED) is 0.747. The number of benzene rings is 1. The van der Waals surface area contributed by atoms with E-state index in [9.17, 15) is 4.79 Å². The molecular weight excluding hydrogens is 258 g/mol. The Hall–Kier alpha value is -1.79. The smallest absolute Gasteiger partial charge is 0.322 e. The number of nitrogens with zero attached hydrogens (tertiary/aromatic N) is 1. The first kappa shape index (κ1) is 16.3. The van der Waals surface area contributed by atoms with E-state index in [0.717, 1.165) is 0 Å². The van der Waals surface area contributed by atoms with Crippen LogP contribution in [0.3, 0.4) is 0 Å². The minimum absolute atomic E-state index is 0.0452. The minimum atomic E-state index is -0.197. The summed E-state index contributed by atoms with van der Waals surface area (Å²) < 4.78 is 10.1. The van der Waals surface area contributed by atoms with Crippen LogP contribution in [0.15, 0.2) is 24.3 Å². The normalized spacial score (nSPS) is 11.9. The number of methoxy groups -OCH3 is 2. The zero-order valence-electron chi connectivity index (χ0n) is 12.3. The van der Waals surface area contributed by atoms with Gasteiger partial charge in [0.25, 0.3) is 0 Å². The summed E-state index contributed by atoms with van der Waals surface area (Å²) in [6, 6.07) is 6.83. The molecule has 0 spiro atoms. The number of rotatable bonds is 7. The molecule has 0 aliphatic heterocycles. The minimum Gasteiger partial charge on any atom is -0.399 e. The van der Waals surface area contributed by atoms with E-state index in [1.807, 2.05) is 6.92 Å². The molecule has 0 aliphatic rings. The first-order valence-corrected chi connectivity index (χ1v) is 6.49. The van der Waals surface area contributed by atoms with Gasteiger partial charge in [0, 0.05) is 32.1 Å². The van der Waals surface area contributed by atoms with Crippen molar-refractivity contribution in [1.29, 1.82) is 0 Å². The number of nitrogens with one attached hydrogen (secondary N) is 1. The lowest BCUT2D eigenvalue weighted by Gasteiger charge is -2.28. The van der Waals surface area contributed by atoms with Gasteiger partial charge >= 0.3 is 6.03 Å². The lowest BCUT2D eigenvalue weighted by molar-refractivity contribution is 0.0953. The maximum absolute atomic E-state index is 12.3. The molecule has 1 rings (SSSR count). The van der Waals surface area contributed by atoms with E-state index in [-0.39, 0.29) is 12.1 Å².